The van der Waals surface area contributed by atoms with Crippen LogP contribution in [0.1, 0.15) is 39.5 Å². The van der Waals surface area contributed by atoms with Crippen LogP contribution in [0, 0.1) is 5.92 Å². The summed E-state index contributed by atoms with van der Waals surface area (Å²) in [5.41, 5.74) is 0.632. The van der Waals surface area contributed by atoms with E-state index in [1.54, 1.807) is 24.3 Å². The predicted octanol–water partition coefficient (Wildman–Crippen LogP) is 2.53. The number of hydrogen-bond donors (Lipinski definition) is 1. The third-order valence-electron chi connectivity index (χ3n) is 5.57. The van der Waals surface area contributed by atoms with Gasteiger partial charge in [-0.3, -0.25) is 9.69 Å². The molecular weight excluding hydrogens is 350 g/mol. The molecule has 144 valence electrons. The van der Waals surface area contributed by atoms with Gasteiger partial charge in [0.1, 0.15) is 0 Å². The maximum atomic E-state index is 12.5. The summed E-state index contributed by atoms with van der Waals surface area (Å²) in [6.45, 7) is 7.25. The number of carbonyl (C=O) groups excluding carboxylic acids is 1. The Kier molecular flexibility index (Phi) is 5.99. The highest BCUT2D eigenvalue weighted by Crippen LogP contribution is 2.23. The first kappa shape index (κ1) is 19.3. The van der Waals surface area contributed by atoms with Crippen LogP contribution in [-0.4, -0.2) is 55.8 Å². The summed E-state index contributed by atoms with van der Waals surface area (Å²) in [5, 5.41) is 2.91. The first-order valence-electron chi connectivity index (χ1n) is 9.53. The van der Waals surface area contributed by atoms with Crippen LogP contribution in [0.2, 0.25) is 0 Å². The van der Waals surface area contributed by atoms with Crippen LogP contribution in [0.5, 0.6) is 0 Å². The SMILES string of the molecule is CC1CCN([C@H](C)C(=O)Nc2ccc(S(=O)(=O)N3CCCC3)cc2)CC1. The van der Waals surface area contributed by atoms with Crippen molar-refractivity contribution in [1.29, 1.82) is 0 Å². The molecule has 6 nitrogen and oxygen atoms in total. The number of sulfonamides is 1. The van der Waals surface area contributed by atoms with Crippen LogP contribution >= 0.6 is 0 Å². The molecule has 2 aliphatic rings. The van der Waals surface area contributed by atoms with Crippen molar-refractivity contribution in [3.05, 3.63) is 24.3 Å². The smallest absolute Gasteiger partial charge is 0.243 e. The minimum Gasteiger partial charge on any atom is -0.325 e. The molecular formula is C19H29N3O3S. The van der Waals surface area contributed by atoms with Crippen LogP contribution < -0.4 is 5.32 Å². The van der Waals surface area contributed by atoms with Gasteiger partial charge in [-0.15, -0.1) is 0 Å². The van der Waals surface area contributed by atoms with Gasteiger partial charge in [-0.1, -0.05) is 6.92 Å². The van der Waals surface area contributed by atoms with Gasteiger partial charge in [0, 0.05) is 18.8 Å². The van der Waals surface area contributed by atoms with Gasteiger partial charge in [-0.05, 0) is 75.9 Å². The van der Waals surface area contributed by atoms with Crippen molar-refractivity contribution in [3.8, 4) is 0 Å². The van der Waals surface area contributed by atoms with Crippen LogP contribution in [0.15, 0.2) is 29.2 Å². The van der Waals surface area contributed by atoms with Gasteiger partial charge in [0.05, 0.1) is 10.9 Å². The Morgan fingerprint density at radius 2 is 1.65 bits per heavy atom. The first-order chi connectivity index (χ1) is 12.4. The van der Waals surface area contributed by atoms with Gasteiger partial charge in [-0.2, -0.15) is 4.31 Å². The lowest BCUT2D eigenvalue weighted by molar-refractivity contribution is -0.121. The van der Waals surface area contributed by atoms with E-state index in [-0.39, 0.29) is 16.8 Å². The second kappa shape index (κ2) is 8.06. The van der Waals surface area contributed by atoms with Crippen molar-refractivity contribution in [2.75, 3.05) is 31.5 Å². The molecule has 0 aromatic heterocycles. The Hall–Kier alpha value is -1.44. The molecule has 1 atom stereocenters. The van der Waals surface area contributed by atoms with Crippen LogP contribution in [0.3, 0.4) is 0 Å². The zero-order valence-electron chi connectivity index (χ0n) is 15.6. The molecule has 0 aliphatic carbocycles. The van der Waals surface area contributed by atoms with E-state index in [1.165, 1.54) is 4.31 Å². The normalized spacial score (nSPS) is 21.6. The molecule has 0 radical (unpaired) electrons. The average molecular weight is 380 g/mol. The Balaban J connectivity index is 1.61. The summed E-state index contributed by atoms with van der Waals surface area (Å²) >= 11 is 0. The molecule has 26 heavy (non-hydrogen) atoms. The number of nitrogens with one attached hydrogen (secondary N) is 1. The van der Waals surface area contributed by atoms with Gasteiger partial charge >= 0.3 is 0 Å². The molecule has 2 aliphatic heterocycles. The molecule has 1 amide bonds. The van der Waals surface area contributed by atoms with Gasteiger partial charge in [-0.25, -0.2) is 8.42 Å². The largest absolute Gasteiger partial charge is 0.325 e. The summed E-state index contributed by atoms with van der Waals surface area (Å²) in [6, 6.07) is 6.32. The number of piperidine rings is 1. The Labute approximate surface area is 156 Å². The summed E-state index contributed by atoms with van der Waals surface area (Å²) in [5.74, 6) is 0.682. The monoisotopic (exact) mass is 379 g/mol. The number of hydrogen-bond acceptors (Lipinski definition) is 4. The number of nitrogens with zero attached hydrogens (tertiary/aromatic N) is 2. The number of benzene rings is 1. The number of rotatable bonds is 5. The van der Waals surface area contributed by atoms with Crippen LogP contribution in [-0.2, 0) is 14.8 Å². The molecule has 2 fully saturated rings. The molecule has 1 aromatic rings. The quantitative estimate of drug-likeness (QED) is 0.853. The zero-order chi connectivity index (χ0) is 18.7. The minimum atomic E-state index is -3.41. The number of amides is 1. The lowest BCUT2D eigenvalue weighted by atomic mass is 9.98. The maximum absolute atomic E-state index is 12.5. The van der Waals surface area contributed by atoms with E-state index in [1.807, 2.05) is 6.92 Å². The fourth-order valence-electron chi connectivity index (χ4n) is 3.62. The fraction of sp³-hybridized carbons (Fsp3) is 0.632. The number of likely N-dealkylation sites (tertiary alicyclic amines) is 1. The number of carbonyl (C=O) groups is 1. The second-order valence-electron chi connectivity index (χ2n) is 7.52. The van der Waals surface area contributed by atoms with Gasteiger partial charge in [0.15, 0.2) is 0 Å². The maximum Gasteiger partial charge on any atom is 0.243 e. The molecule has 0 bridgehead atoms. The summed E-state index contributed by atoms with van der Waals surface area (Å²) in [4.78, 5) is 15.0. The highest BCUT2D eigenvalue weighted by molar-refractivity contribution is 7.89. The first-order valence-corrected chi connectivity index (χ1v) is 11.0. The van der Waals surface area contributed by atoms with E-state index in [0.29, 0.717) is 18.8 Å². The zero-order valence-corrected chi connectivity index (χ0v) is 16.5. The van der Waals surface area contributed by atoms with Crippen molar-refractivity contribution >= 4 is 21.6 Å². The van der Waals surface area contributed by atoms with Crippen molar-refractivity contribution in [3.63, 3.8) is 0 Å². The standard InChI is InChI=1S/C19H29N3O3S/c1-15-9-13-21(14-10-15)16(2)19(23)20-17-5-7-18(8-6-17)26(24,25)22-11-3-4-12-22/h5-8,15-16H,3-4,9-14H2,1-2H3,(H,20,23)/t16-/m1/s1. The van der Waals surface area contributed by atoms with E-state index in [2.05, 4.69) is 17.1 Å². The third kappa shape index (κ3) is 4.27. The molecule has 1 N–H and O–H groups in total. The molecule has 7 heteroatoms. The predicted molar refractivity (Wildman–Crippen MR) is 102 cm³/mol. The van der Waals surface area contributed by atoms with E-state index in [9.17, 15) is 13.2 Å². The van der Waals surface area contributed by atoms with Crippen molar-refractivity contribution < 1.29 is 13.2 Å². The lowest BCUT2D eigenvalue weighted by Gasteiger charge is -2.34. The molecule has 2 saturated heterocycles. The molecule has 1 aromatic carbocycles. The summed E-state index contributed by atoms with van der Waals surface area (Å²) in [7, 11) is -3.41. The lowest BCUT2D eigenvalue weighted by Crippen LogP contribution is -2.45. The average Bonchev–Trinajstić information content (AvgIpc) is 3.18. The van der Waals surface area contributed by atoms with Crippen molar-refractivity contribution in [1.82, 2.24) is 9.21 Å². The summed E-state index contributed by atoms with van der Waals surface area (Å²) in [6.07, 6.45) is 4.09. The second-order valence-corrected chi connectivity index (χ2v) is 9.46. The van der Waals surface area contributed by atoms with Gasteiger partial charge < -0.3 is 5.32 Å². The van der Waals surface area contributed by atoms with E-state index < -0.39 is 10.0 Å². The fourth-order valence-corrected chi connectivity index (χ4v) is 5.13. The van der Waals surface area contributed by atoms with Crippen LogP contribution in [0.4, 0.5) is 5.69 Å². The molecule has 0 unspecified atom stereocenters. The Morgan fingerprint density at radius 3 is 2.23 bits per heavy atom. The topological polar surface area (TPSA) is 69.7 Å². The van der Waals surface area contributed by atoms with Crippen LogP contribution in [0.25, 0.3) is 0 Å². The molecule has 0 spiro atoms. The highest BCUT2D eigenvalue weighted by atomic mass is 32.2. The number of anilines is 1. The minimum absolute atomic E-state index is 0.0466. The van der Waals surface area contributed by atoms with Gasteiger partial charge in [0.2, 0.25) is 15.9 Å². The molecule has 3 rings (SSSR count). The highest BCUT2D eigenvalue weighted by Gasteiger charge is 2.28. The van der Waals surface area contributed by atoms with Crippen molar-refractivity contribution in [2.45, 2.75) is 50.5 Å². The Bertz CT molecular complexity index is 719. The third-order valence-corrected chi connectivity index (χ3v) is 7.48. The summed E-state index contributed by atoms with van der Waals surface area (Å²) < 4.78 is 26.6. The van der Waals surface area contributed by atoms with E-state index in [0.717, 1.165) is 44.7 Å². The van der Waals surface area contributed by atoms with Crippen molar-refractivity contribution in [2.24, 2.45) is 5.92 Å². The Morgan fingerprint density at radius 1 is 1.08 bits per heavy atom. The van der Waals surface area contributed by atoms with E-state index in [4.69, 9.17) is 0 Å². The van der Waals surface area contributed by atoms with Gasteiger partial charge in [0.25, 0.3) is 0 Å². The molecule has 0 saturated carbocycles. The van der Waals surface area contributed by atoms with E-state index >= 15 is 0 Å². The molecule has 2 heterocycles.